The smallest absolute Gasteiger partial charge is 0.335 e. The van der Waals surface area contributed by atoms with Crippen LogP contribution in [-0.4, -0.2) is 93.0 Å². The molecule has 0 radical (unpaired) electrons. The van der Waals surface area contributed by atoms with Crippen LogP contribution in [0.25, 0.3) is 0 Å². The van der Waals surface area contributed by atoms with Crippen LogP contribution in [0, 0.1) is 5.82 Å². The highest BCUT2D eigenvalue weighted by Crippen LogP contribution is 2.13. The minimum absolute atomic E-state index is 0.0853. The lowest BCUT2D eigenvalue weighted by Gasteiger charge is -2.35. The van der Waals surface area contributed by atoms with E-state index in [2.05, 4.69) is 14.8 Å². The molecule has 0 unspecified atom stereocenters. The number of rotatable bonds is 9. The van der Waals surface area contributed by atoms with Crippen molar-refractivity contribution in [1.29, 1.82) is 0 Å². The molecule has 1 aromatic carbocycles. The van der Waals surface area contributed by atoms with Gasteiger partial charge in [0.2, 0.25) is 0 Å². The Hall–Kier alpha value is -3.41. The molecule has 1 aliphatic rings. The van der Waals surface area contributed by atoms with E-state index in [0.29, 0.717) is 12.0 Å². The number of carbonyl (C=O) groups excluding carboxylic acids is 1. The van der Waals surface area contributed by atoms with Crippen LogP contribution in [0.15, 0.2) is 48.7 Å². The SMILES string of the molecule is O=C(CCCN1CCN(c2ccccn2)CC1)c1ccc(F)cc1.O=C(O)[C@H](O)[C@@H](O)C(=O)O. The number of aliphatic hydroxyl groups excluding tert-OH is 2. The number of aliphatic hydroxyl groups is 2. The van der Waals surface area contributed by atoms with Crippen LogP contribution >= 0.6 is 0 Å². The molecule has 0 bridgehead atoms. The molecule has 4 N–H and O–H groups in total. The van der Waals surface area contributed by atoms with Crippen molar-refractivity contribution in [1.82, 2.24) is 9.88 Å². The zero-order valence-electron chi connectivity index (χ0n) is 18.5. The first-order chi connectivity index (χ1) is 16.2. The first-order valence-corrected chi connectivity index (χ1v) is 10.7. The number of carboxylic acids is 2. The Morgan fingerprint density at radius 2 is 1.50 bits per heavy atom. The summed E-state index contributed by atoms with van der Waals surface area (Å²) in [5, 5.41) is 32.5. The van der Waals surface area contributed by atoms with Crippen molar-refractivity contribution in [3.05, 3.63) is 60.0 Å². The summed E-state index contributed by atoms with van der Waals surface area (Å²) in [7, 11) is 0. The fourth-order valence-electron chi connectivity index (χ4n) is 3.25. The first kappa shape index (κ1) is 26.8. The van der Waals surface area contributed by atoms with Gasteiger partial charge in [0, 0.05) is 44.4 Å². The quantitative estimate of drug-likeness (QED) is 0.383. The van der Waals surface area contributed by atoms with Gasteiger partial charge >= 0.3 is 11.9 Å². The van der Waals surface area contributed by atoms with Gasteiger partial charge in [-0.2, -0.15) is 0 Å². The van der Waals surface area contributed by atoms with Gasteiger partial charge in [-0.1, -0.05) is 6.07 Å². The molecular formula is C23H28FN3O7. The molecule has 1 aromatic heterocycles. The third-order valence-electron chi connectivity index (χ3n) is 5.20. The highest BCUT2D eigenvalue weighted by atomic mass is 19.1. The van der Waals surface area contributed by atoms with E-state index in [1.54, 1.807) is 12.1 Å². The van der Waals surface area contributed by atoms with Gasteiger partial charge in [0.1, 0.15) is 11.6 Å². The third kappa shape index (κ3) is 8.50. The number of piperazine rings is 1. The molecule has 34 heavy (non-hydrogen) atoms. The Bertz CT molecular complexity index is 917. The van der Waals surface area contributed by atoms with E-state index in [0.717, 1.165) is 45.0 Å². The number of halogens is 1. The summed E-state index contributed by atoms with van der Waals surface area (Å²) >= 11 is 0. The second-order valence-corrected chi connectivity index (χ2v) is 7.62. The lowest BCUT2D eigenvalue weighted by molar-refractivity contribution is -0.165. The molecule has 1 fully saturated rings. The summed E-state index contributed by atoms with van der Waals surface area (Å²) in [6.45, 7) is 4.82. The number of benzene rings is 1. The van der Waals surface area contributed by atoms with Gasteiger partial charge in [0.25, 0.3) is 0 Å². The van der Waals surface area contributed by atoms with Gasteiger partial charge in [-0.05, 0) is 49.4 Å². The Morgan fingerprint density at radius 3 is 2.00 bits per heavy atom. The zero-order chi connectivity index (χ0) is 25.1. The van der Waals surface area contributed by atoms with E-state index in [1.807, 2.05) is 24.4 Å². The number of nitrogens with zero attached hydrogens (tertiary/aromatic N) is 3. The summed E-state index contributed by atoms with van der Waals surface area (Å²) in [5.74, 6) is -2.73. The van der Waals surface area contributed by atoms with Gasteiger partial charge in [-0.15, -0.1) is 0 Å². The molecule has 0 saturated carbocycles. The predicted octanol–water partition coefficient (Wildman–Crippen LogP) is 0.883. The van der Waals surface area contributed by atoms with Gasteiger partial charge in [0.15, 0.2) is 18.0 Å². The minimum Gasteiger partial charge on any atom is -0.479 e. The van der Waals surface area contributed by atoms with Crippen molar-refractivity contribution >= 4 is 23.5 Å². The Labute approximate surface area is 195 Å². The van der Waals surface area contributed by atoms with Crippen LogP contribution < -0.4 is 4.90 Å². The van der Waals surface area contributed by atoms with Crippen LogP contribution in [0.3, 0.4) is 0 Å². The van der Waals surface area contributed by atoms with Crippen LogP contribution in [0.5, 0.6) is 0 Å². The van der Waals surface area contributed by atoms with Crippen molar-refractivity contribution in [2.75, 3.05) is 37.6 Å². The minimum atomic E-state index is -2.27. The number of carbonyl (C=O) groups is 3. The van der Waals surface area contributed by atoms with Crippen LogP contribution in [-0.2, 0) is 9.59 Å². The summed E-state index contributed by atoms with van der Waals surface area (Å²) in [4.78, 5) is 40.7. The number of pyridine rings is 1. The molecule has 1 saturated heterocycles. The average Bonchev–Trinajstić information content (AvgIpc) is 2.84. The summed E-state index contributed by atoms with van der Waals surface area (Å²) in [6.07, 6.45) is -1.37. The lowest BCUT2D eigenvalue weighted by atomic mass is 10.1. The maximum Gasteiger partial charge on any atom is 0.335 e. The van der Waals surface area contributed by atoms with E-state index >= 15 is 0 Å². The van der Waals surface area contributed by atoms with E-state index in [1.165, 1.54) is 12.1 Å². The number of aromatic nitrogens is 1. The monoisotopic (exact) mass is 477 g/mol. The summed E-state index contributed by atoms with van der Waals surface area (Å²) in [6, 6.07) is 11.8. The lowest BCUT2D eigenvalue weighted by Crippen LogP contribution is -2.46. The third-order valence-corrected chi connectivity index (χ3v) is 5.20. The largest absolute Gasteiger partial charge is 0.479 e. The zero-order valence-corrected chi connectivity index (χ0v) is 18.5. The molecule has 0 amide bonds. The fourth-order valence-corrected chi connectivity index (χ4v) is 3.25. The highest BCUT2D eigenvalue weighted by molar-refractivity contribution is 5.95. The molecule has 2 atom stereocenters. The predicted molar refractivity (Wildman–Crippen MR) is 120 cm³/mol. The number of carboxylic acid groups (broad SMARTS) is 2. The van der Waals surface area contributed by atoms with Gasteiger partial charge in [-0.25, -0.2) is 19.0 Å². The summed E-state index contributed by atoms with van der Waals surface area (Å²) in [5.41, 5.74) is 0.594. The number of ketones is 1. The van der Waals surface area contributed by atoms with E-state index in [4.69, 9.17) is 20.4 Å². The molecular weight excluding hydrogens is 449 g/mol. The maximum atomic E-state index is 12.9. The van der Waals surface area contributed by atoms with Crippen LogP contribution in [0.2, 0.25) is 0 Å². The van der Waals surface area contributed by atoms with Crippen molar-refractivity contribution in [2.24, 2.45) is 0 Å². The van der Waals surface area contributed by atoms with Crippen molar-refractivity contribution in [3.8, 4) is 0 Å². The standard InChI is InChI=1S/C19H22FN3O.C4H6O6/c20-17-8-6-16(7-9-17)18(24)4-3-11-22-12-14-23(15-13-22)19-5-1-2-10-21-19;5-1(3(7)8)2(6)4(9)10/h1-2,5-10H,3-4,11-15H2;1-2,5-6H,(H,7,8)(H,9,10)/t;1-,2-/m.1/s1. The Balaban J connectivity index is 0.000000347. The topological polar surface area (TPSA) is 152 Å². The average molecular weight is 477 g/mol. The number of anilines is 1. The molecule has 1 aliphatic heterocycles. The molecule has 0 aliphatic carbocycles. The Morgan fingerprint density at radius 1 is 0.912 bits per heavy atom. The molecule has 2 aromatic rings. The van der Waals surface area contributed by atoms with E-state index in [-0.39, 0.29) is 11.6 Å². The van der Waals surface area contributed by atoms with Gasteiger partial charge < -0.3 is 25.3 Å². The number of aliphatic carboxylic acids is 2. The van der Waals surface area contributed by atoms with Crippen LogP contribution in [0.1, 0.15) is 23.2 Å². The second kappa shape index (κ2) is 13.3. The maximum absolute atomic E-state index is 12.9. The molecule has 0 spiro atoms. The van der Waals surface area contributed by atoms with E-state index < -0.39 is 24.1 Å². The van der Waals surface area contributed by atoms with Gasteiger partial charge in [0.05, 0.1) is 0 Å². The molecule has 2 heterocycles. The summed E-state index contributed by atoms with van der Waals surface area (Å²) < 4.78 is 12.9. The van der Waals surface area contributed by atoms with Crippen molar-refractivity contribution < 1.29 is 39.2 Å². The fraction of sp³-hybridized carbons (Fsp3) is 0.391. The Kier molecular flexibility index (Phi) is 10.5. The normalized spacial score (nSPS) is 15.6. The van der Waals surface area contributed by atoms with Crippen molar-refractivity contribution in [3.63, 3.8) is 0 Å². The second-order valence-electron chi connectivity index (χ2n) is 7.62. The van der Waals surface area contributed by atoms with E-state index in [9.17, 15) is 18.8 Å². The number of hydrogen-bond donors (Lipinski definition) is 4. The number of Topliss-reactive ketones (excluding diaryl/α,β-unsaturated/α-hetero) is 1. The highest BCUT2D eigenvalue weighted by Gasteiger charge is 2.29. The van der Waals surface area contributed by atoms with Crippen molar-refractivity contribution in [2.45, 2.75) is 25.0 Å². The van der Waals surface area contributed by atoms with Crippen LogP contribution in [0.4, 0.5) is 10.2 Å². The molecule has 3 rings (SSSR count). The van der Waals surface area contributed by atoms with Gasteiger partial charge in [-0.3, -0.25) is 9.69 Å². The first-order valence-electron chi connectivity index (χ1n) is 10.7. The molecule has 10 nitrogen and oxygen atoms in total. The number of hydrogen-bond acceptors (Lipinski definition) is 8. The molecule has 11 heteroatoms. The molecule has 184 valence electrons.